The molecule has 1 aromatic rings. The Labute approximate surface area is 107 Å². The van der Waals surface area contributed by atoms with E-state index in [-0.39, 0.29) is 0 Å². The van der Waals surface area contributed by atoms with Gasteiger partial charge in [0.2, 0.25) is 0 Å². The third-order valence-corrected chi connectivity index (χ3v) is 4.29. The number of rotatable bonds is 4. The minimum Gasteiger partial charge on any atom is -0.315 e. The summed E-state index contributed by atoms with van der Waals surface area (Å²) in [7, 11) is 0. The first-order valence-corrected chi connectivity index (χ1v) is 6.92. The van der Waals surface area contributed by atoms with Crippen LogP contribution in [0.2, 0.25) is 0 Å². The average Bonchev–Trinajstić information content (AvgIpc) is 2.23. The van der Waals surface area contributed by atoms with Crippen LogP contribution >= 0.6 is 15.9 Å². The molecule has 1 N–H and O–H groups in total. The molecule has 0 spiro atoms. The summed E-state index contributed by atoms with van der Waals surface area (Å²) in [6, 6.07) is 8.81. The van der Waals surface area contributed by atoms with E-state index in [2.05, 4.69) is 59.4 Å². The predicted molar refractivity (Wildman–Crippen MR) is 72.8 cm³/mol. The summed E-state index contributed by atoms with van der Waals surface area (Å²) in [6.45, 7) is 6.91. The molecule has 0 aromatic heterocycles. The highest BCUT2D eigenvalue weighted by Gasteiger charge is 2.39. The Morgan fingerprint density at radius 3 is 2.69 bits per heavy atom. The Hall–Kier alpha value is -0.340. The summed E-state index contributed by atoms with van der Waals surface area (Å²) < 4.78 is 1.19. The number of benzene rings is 1. The minimum absolute atomic E-state index is 0.388. The van der Waals surface area contributed by atoms with Crippen molar-refractivity contribution in [3.8, 4) is 0 Å². The van der Waals surface area contributed by atoms with Crippen molar-refractivity contribution in [2.75, 3.05) is 13.1 Å². The average molecular weight is 282 g/mol. The molecule has 2 heteroatoms. The van der Waals surface area contributed by atoms with Gasteiger partial charge in [0.25, 0.3) is 0 Å². The van der Waals surface area contributed by atoms with Crippen LogP contribution < -0.4 is 5.32 Å². The van der Waals surface area contributed by atoms with Gasteiger partial charge in [-0.25, -0.2) is 0 Å². The van der Waals surface area contributed by atoms with Gasteiger partial charge in [-0.15, -0.1) is 0 Å². The van der Waals surface area contributed by atoms with Gasteiger partial charge in [-0.05, 0) is 30.0 Å². The summed E-state index contributed by atoms with van der Waals surface area (Å²) >= 11 is 3.57. The Morgan fingerprint density at radius 1 is 1.44 bits per heavy atom. The van der Waals surface area contributed by atoms with Crippen LogP contribution in [0.5, 0.6) is 0 Å². The van der Waals surface area contributed by atoms with Crippen molar-refractivity contribution in [1.82, 2.24) is 5.32 Å². The predicted octanol–water partition coefficient (Wildman–Crippen LogP) is 3.73. The molecule has 0 bridgehead atoms. The SMILES string of the molecule is CCC(C)CC1(c2cccc(Br)c2)CNC1. The van der Waals surface area contributed by atoms with Gasteiger partial charge in [0, 0.05) is 23.0 Å². The Morgan fingerprint density at radius 2 is 2.19 bits per heavy atom. The Balaban J connectivity index is 2.21. The second-order valence-electron chi connectivity index (χ2n) is 5.11. The molecular formula is C14H20BrN. The monoisotopic (exact) mass is 281 g/mol. The number of nitrogens with one attached hydrogen (secondary N) is 1. The second kappa shape index (κ2) is 4.89. The van der Waals surface area contributed by atoms with Crippen molar-refractivity contribution in [1.29, 1.82) is 0 Å². The van der Waals surface area contributed by atoms with Crippen molar-refractivity contribution in [3.63, 3.8) is 0 Å². The molecule has 1 fully saturated rings. The van der Waals surface area contributed by atoms with E-state index in [1.54, 1.807) is 0 Å². The molecular weight excluding hydrogens is 262 g/mol. The first kappa shape index (κ1) is 12.1. The van der Waals surface area contributed by atoms with Crippen molar-refractivity contribution < 1.29 is 0 Å². The smallest absolute Gasteiger partial charge is 0.0205 e. The normalized spacial score (nSPS) is 20.2. The van der Waals surface area contributed by atoms with Gasteiger partial charge >= 0.3 is 0 Å². The zero-order chi connectivity index (χ0) is 11.6. The third kappa shape index (κ3) is 2.33. The number of hydrogen-bond acceptors (Lipinski definition) is 1. The summed E-state index contributed by atoms with van der Waals surface area (Å²) in [5, 5.41) is 3.43. The fourth-order valence-corrected chi connectivity index (χ4v) is 2.92. The van der Waals surface area contributed by atoms with Crippen LogP contribution in [0.25, 0.3) is 0 Å². The maximum absolute atomic E-state index is 3.57. The Bertz CT molecular complexity index is 358. The van der Waals surface area contributed by atoms with Gasteiger partial charge in [-0.1, -0.05) is 48.3 Å². The molecule has 1 saturated heterocycles. The highest BCUT2D eigenvalue weighted by Crippen LogP contribution is 2.36. The minimum atomic E-state index is 0.388. The molecule has 1 nitrogen and oxygen atoms in total. The number of hydrogen-bond donors (Lipinski definition) is 1. The van der Waals surface area contributed by atoms with Gasteiger partial charge in [0.15, 0.2) is 0 Å². The van der Waals surface area contributed by atoms with Gasteiger partial charge in [-0.2, -0.15) is 0 Å². The lowest BCUT2D eigenvalue weighted by molar-refractivity contribution is 0.221. The first-order valence-electron chi connectivity index (χ1n) is 6.13. The van der Waals surface area contributed by atoms with Crippen LogP contribution in [0.4, 0.5) is 0 Å². The molecule has 1 unspecified atom stereocenters. The summed E-state index contributed by atoms with van der Waals surface area (Å²) in [5.41, 5.74) is 1.88. The van der Waals surface area contributed by atoms with E-state index in [1.807, 2.05) is 0 Å². The lowest BCUT2D eigenvalue weighted by Gasteiger charge is -2.45. The van der Waals surface area contributed by atoms with E-state index in [0.29, 0.717) is 5.41 Å². The van der Waals surface area contributed by atoms with E-state index in [0.717, 1.165) is 19.0 Å². The van der Waals surface area contributed by atoms with Crippen molar-refractivity contribution in [2.45, 2.75) is 32.1 Å². The highest BCUT2D eigenvalue weighted by atomic mass is 79.9. The molecule has 0 saturated carbocycles. The van der Waals surface area contributed by atoms with E-state index < -0.39 is 0 Å². The van der Waals surface area contributed by atoms with Crippen LogP contribution in [0, 0.1) is 5.92 Å². The molecule has 88 valence electrons. The molecule has 16 heavy (non-hydrogen) atoms. The zero-order valence-electron chi connectivity index (χ0n) is 10.1. The lowest BCUT2D eigenvalue weighted by atomic mass is 9.69. The fraction of sp³-hybridized carbons (Fsp3) is 0.571. The van der Waals surface area contributed by atoms with E-state index in [1.165, 1.54) is 22.9 Å². The van der Waals surface area contributed by atoms with Crippen LogP contribution in [-0.2, 0) is 5.41 Å². The maximum Gasteiger partial charge on any atom is 0.0205 e. The molecule has 2 rings (SSSR count). The van der Waals surface area contributed by atoms with Crippen LogP contribution in [0.3, 0.4) is 0 Å². The largest absolute Gasteiger partial charge is 0.315 e. The summed E-state index contributed by atoms with van der Waals surface area (Å²) in [5.74, 6) is 0.807. The molecule has 1 aliphatic rings. The van der Waals surface area contributed by atoms with Gasteiger partial charge < -0.3 is 5.32 Å². The molecule has 0 radical (unpaired) electrons. The molecule has 1 heterocycles. The summed E-state index contributed by atoms with van der Waals surface area (Å²) in [4.78, 5) is 0. The van der Waals surface area contributed by atoms with Crippen LogP contribution in [0.15, 0.2) is 28.7 Å². The standard InChI is InChI=1S/C14H20BrN/c1-3-11(2)8-14(9-16-10-14)12-5-4-6-13(15)7-12/h4-7,11,16H,3,8-10H2,1-2H3. The maximum atomic E-state index is 3.57. The second-order valence-corrected chi connectivity index (χ2v) is 6.03. The van der Waals surface area contributed by atoms with Crippen LogP contribution in [0.1, 0.15) is 32.3 Å². The summed E-state index contributed by atoms with van der Waals surface area (Å²) in [6.07, 6.45) is 2.57. The quantitative estimate of drug-likeness (QED) is 0.887. The lowest BCUT2D eigenvalue weighted by Crippen LogP contribution is -2.57. The molecule has 0 amide bonds. The molecule has 0 aliphatic carbocycles. The van der Waals surface area contributed by atoms with Gasteiger partial charge in [-0.3, -0.25) is 0 Å². The van der Waals surface area contributed by atoms with Crippen molar-refractivity contribution in [3.05, 3.63) is 34.3 Å². The zero-order valence-corrected chi connectivity index (χ0v) is 11.7. The van der Waals surface area contributed by atoms with Gasteiger partial charge in [0.1, 0.15) is 0 Å². The molecule has 1 atom stereocenters. The van der Waals surface area contributed by atoms with E-state index >= 15 is 0 Å². The van der Waals surface area contributed by atoms with Crippen molar-refractivity contribution >= 4 is 15.9 Å². The molecule has 1 aliphatic heterocycles. The Kier molecular flexibility index (Phi) is 3.70. The van der Waals surface area contributed by atoms with E-state index in [9.17, 15) is 0 Å². The van der Waals surface area contributed by atoms with Crippen molar-refractivity contribution in [2.24, 2.45) is 5.92 Å². The third-order valence-electron chi connectivity index (χ3n) is 3.80. The molecule has 1 aromatic carbocycles. The van der Waals surface area contributed by atoms with E-state index in [4.69, 9.17) is 0 Å². The topological polar surface area (TPSA) is 12.0 Å². The highest BCUT2D eigenvalue weighted by molar-refractivity contribution is 9.10. The first-order chi connectivity index (χ1) is 7.66. The fourth-order valence-electron chi connectivity index (χ4n) is 2.52. The van der Waals surface area contributed by atoms with Gasteiger partial charge in [0.05, 0.1) is 0 Å². The number of halogens is 1. The van der Waals surface area contributed by atoms with Crippen LogP contribution in [-0.4, -0.2) is 13.1 Å².